The molecule has 0 aliphatic rings. The van der Waals surface area contributed by atoms with E-state index in [0.29, 0.717) is 99.0 Å². The monoisotopic (exact) mass is 1810 g/mol. The van der Waals surface area contributed by atoms with E-state index in [2.05, 4.69) is 53.7 Å². The number of nitro groups is 3. The second-order valence-electron chi connectivity index (χ2n) is 28.6. The molecule has 642 valence electrons. The minimum Gasteiger partial charge on any atom is -0.397 e. The highest BCUT2D eigenvalue weighted by Crippen LogP contribution is 2.42. The van der Waals surface area contributed by atoms with Gasteiger partial charge >= 0.3 is 0 Å². The van der Waals surface area contributed by atoms with Crippen molar-refractivity contribution in [3.63, 3.8) is 0 Å². The molecule has 8 aromatic carbocycles. The summed E-state index contributed by atoms with van der Waals surface area (Å²) in [6.45, 7) is 24.4. The van der Waals surface area contributed by atoms with Gasteiger partial charge in [0.2, 0.25) is 11.9 Å². The molecule has 0 aliphatic heterocycles. The second-order valence-corrected chi connectivity index (χ2v) is 31.5. The van der Waals surface area contributed by atoms with Gasteiger partial charge in [0.15, 0.2) is 0 Å². The number of halogens is 7. The molecule has 0 atom stereocenters. The van der Waals surface area contributed by atoms with Crippen LogP contribution in [0.2, 0.25) is 35.2 Å². The molecule has 30 nitrogen and oxygen atoms in total. The normalized spacial score (nSPS) is 10.6. The van der Waals surface area contributed by atoms with E-state index in [0.717, 1.165) is 33.7 Å². The average Bonchev–Trinajstić information content (AvgIpc) is 1.63. The number of nitrogens with two attached hydrogens (primary N) is 1. The molecule has 0 bridgehead atoms. The first-order chi connectivity index (χ1) is 57.0. The Labute approximate surface area is 744 Å². The Morgan fingerprint density at radius 2 is 0.813 bits per heavy atom. The first-order valence-corrected chi connectivity index (χ1v) is 39.0. The number of aromatic nitrogens is 5. The number of H-pyrrole nitrogens is 1. The van der Waals surface area contributed by atoms with Crippen LogP contribution in [-0.4, -0.2) is 83.1 Å². The summed E-state index contributed by atoms with van der Waals surface area (Å²) in [7, 11) is 8.37. The van der Waals surface area contributed by atoms with Crippen molar-refractivity contribution < 1.29 is 33.9 Å². The zero-order chi connectivity index (χ0) is 92.4. The smallest absolute Gasteiger partial charge is 0.293 e. The van der Waals surface area contributed by atoms with Crippen molar-refractivity contribution in [2.75, 3.05) is 53.5 Å². The van der Waals surface area contributed by atoms with Crippen molar-refractivity contribution in [3.8, 4) is 30.3 Å². The lowest BCUT2D eigenvalue weighted by Crippen LogP contribution is -2.28. The number of aryl methyl sites for hydroxylation is 4. The summed E-state index contributed by atoms with van der Waals surface area (Å²) < 4.78 is 3.62. The number of fused-ring (bicyclic) bond motifs is 4. The fourth-order valence-corrected chi connectivity index (χ4v) is 13.3. The van der Waals surface area contributed by atoms with Crippen LogP contribution in [0.25, 0.3) is 32.8 Å². The summed E-state index contributed by atoms with van der Waals surface area (Å²) in [5.74, 6) is 1.41. The first-order valence-electron chi connectivity index (χ1n) is 36.3. The van der Waals surface area contributed by atoms with Gasteiger partial charge in [-0.05, 0) is 171 Å². The molecule has 37 heteroatoms. The van der Waals surface area contributed by atoms with Crippen molar-refractivity contribution >= 4 is 200 Å². The van der Waals surface area contributed by atoms with E-state index in [9.17, 15) is 70.1 Å². The third kappa shape index (κ3) is 23.0. The number of carbonyl (C=O) groups is 4. The number of pyridine rings is 1. The molecular formula is C86H88Cl7N19O11. The Morgan fingerprint density at radius 3 is 1.20 bits per heavy atom. The van der Waals surface area contributed by atoms with Gasteiger partial charge in [-0.3, -0.25) is 54.3 Å². The van der Waals surface area contributed by atoms with Gasteiger partial charge in [-0.25, -0.2) is 9.97 Å². The Balaban J connectivity index is 0.000000311. The van der Waals surface area contributed by atoms with E-state index in [-0.39, 0.29) is 102 Å². The second kappa shape index (κ2) is 43.5. The van der Waals surface area contributed by atoms with Crippen LogP contribution in [0.5, 0.6) is 0 Å². The van der Waals surface area contributed by atoms with Crippen LogP contribution in [0.3, 0.4) is 0 Å². The highest BCUT2D eigenvalue weighted by atomic mass is 35.5. The molecule has 0 radical (unpaired) electrons. The van der Waals surface area contributed by atoms with Gasteiger partial charge in [-0.1, -0.05) is 133 Å². The number of nitriles is 5. The summed E-state index contributed by atoms with van der Waals surface area (Å²) >= 11 is 41.8. The van der Waals surface area contributed by atoms with Crippen LogP contribution < -0.4 is 37.9 Å². The summed E-state index contributed by atoms with van der Waals surface area (Å²) in [5.41, 5.74) is 12.7. The number of Topliss-reactive ketones (excluding diaryl/α,β-unsaturated/α-hetero) is 4. The van der Waals surface area contributed by atoms with Gasteiger partial charge in [-0.15, -0.1) is 0 Å². The van der Waals surface area contributed by atoms with Gasteiger partial charge in [-0.2, -0.15) is 26.3 Å². The number of imidazole rings is 2. The standard InChI is InChI=1S/C20H18Cl2N4O.C19H16Cl2N4O.C13H15N3O3.C13H17N3O.C8H6ClN3O2.C7H2Cl2N2O2.C5H10O.CH4/c1-11(27)20(2,3)13-8-9-16-18(12(13)10-23)26(4)19(24-16)25-17-14(21)6-5-7-15(17)22;1-9-10(2)22-18(26)15-11(9)7-8-14-17(15)25(3)19(23-14)24-16-12(20)5-4-6-13(16)21;1-8(17)13(2,3)10-5-6-11(16(18)19)12(15-4)9(10)7-14;1-8(17)13(2,3)10-5-6-11(15)12(16-4)9(10)7-14;1-11-8-5(4-10)6(9)2-3-7(8)12(13)14;8-5-1-2-6(11(12)13)7(9)4(5)3-10;1-4(2)5(3)6;/h5-9H,1-4H3,(H,24,25);4-8H,1-3H3,(H,22,26)(H,23,24);5-6,15H,1-4H3;5-6,16H,15H2,1-4H3;2-3,11H,1H3;1-2H;4H,1-3H3;1H4. The molecule has 0 fully saturated rings. The Morgan fingerprint density at radius 1 is 0.480 bits per heavy atom. The number of nitrogens with zero attached hydrogens (tertiary/aromatic N) is 12. The van der Waals surface area contributed by atoms with Gasteiger partial charge in [0.05, 0.1) is 117 Å². The van der Waals surface area contributed by atoms with Crippen molar-refractivity contribution in [3.05, 3.63) is 241 Å². The van der Waals surface area contributed by atoms with E-state index in [1.54, 1.807) is 114 Å². The number of benzene rings is 8. The molecule has 3 heterocycles. The van der Waals surface area contributed by atoms with Crippen molar-refractivity contribution in [1.82, 2.24) is 24.1 Å². The number of anilines is 8. The number of para-hydroxylation sites is 2. The molecule has 8 N–H and O–H groups in total. The highest BCUT2D eigenvalue weighted by molar-refractivity contribution is 6.40. The summed E-state index contributed by atoms with van der Waals surface area (Å²) in [6, 6.07) is 39.1. The zero-order valence-electron chi connectivity index (χ0n) is 69.6. The number of nitrogen functional groups attached to an aromatic ring is 1. The summed E-state index contributed by atoms with van der Waals surface area (Å²) in [4.78, 5) is 100. The number of ketones is 4. The molecule has 0 unspecified atom stereocenters. The van der Waals surface area contributed by atoms with Gasteiger partial charge < -0.3 is 46.4 Å². The number of rotatable bonds is 17. The number of aromatic amines is 1. The minimum absolute atomic E-state index is 0. The molecule has 123 heavy (non-hydrogen) atoms. The number of carbonyl (C=O) groups excluding carboxylic acids is 4. The average molecular weight is 1810 g/mol. The van der Waals surface area contributed by atoms with Crippen molar-refractivity contribution in [1.29, 1.82) is 26.3 Å². The Bertz CT molecular complexity index is 6240. The van der Waals surface area contributed by atoms with Crippen LogP contribution in [0, 0.1) is 107 Å². The van der Waals surface area contributed by atoms with E-state index >= 15 is 0 Å². The number of hydrogen-bond donors (Lipinski definition) is 7. The van der Waals surface area contributed by atoms with Crippen molar-refractivity contribution in [2.45, 2.75) is 121 Å². The molecule has 0 saturated carbocycles. The number of nitrogens with one attached hydrogen (secondary N) is 6. The fourth-order valence-electron chi connectivity index (χ4n) is 11.6. The molecule has 11 rings (SSSR count). The predicted octanol–water partition coefficient (Wildman–Crippen LogP) is 21.7. The fraction of sp³-hybridized carbons (Fsp3) is 0.279. The molecule has 0 amide bonds. The van der Waals surface area contributed by atoms with E-state index in [4.69, 9.17) is 97.5 Å². The molecule has 0 saturated heterocycles. The van der Waals surface area contributed by atoms with E-state index < -0.39 is 31.0 Å². The third-order valence-electron chi connectivity index (χ3n) is 20.0. The SMILES string of the molecule is C.CC(=O)C(C)(C)c1ccc2nc(Nc3c(Cl)cccc3Cl)n(C)c2c1C#N.CC(=O)C(C)C.CNc1c(N)ccc(C(C)(C)C(C)=O)c1C#N.CNc1c([N+](=O)[O-])ccc(C(C)(C)C(C)=O)c1C#N.CNc1c([N+](=O)[O-])ccc(Cl)c1C#N.Cc1[nH]c(=O)c2c(ccc3nc(Nc4c(Cl)cccc4Cl)n(C)c32)c1C.N#Cc1c(Cl)ccc([N+](=O)[O-])c1Cl. The minimum atomic E-state index is -0.869. The molecule has 0 aliphatic carbocycles. The quantitative estimate of drug-likeness (QED) is 0.0253. The highest BCUT2D eigenvalue weighted by Gasteiger charge is 2.35. The molecular weight excluding hydrogens is 1720 g/mol. The van der Waals surface area contributed by atoms with Crippen LogP contribution in [0.1, 0.15) is 146 Å². The van der Waals surface area contributed by atoms with Crippen LogP contribution in [0.4, 0.5) is 63.1 Å². The zero-order valence-corrected chi connectivity index (χ0v) is 74.8. The van der Waals surface area contributed by atoms with Crippen LogP contribution in [0.15, 0.2) is 114 Å². The van der Waals surface area contributed by atoms with E-state index in [1.165, 1.54) is 65.2 Å². The predicted molar refractivity (Wildman–Crippen MR) is 489 cm³/mol. The lowest BCUT2D eigenvalue weighted by Gasteiger charge is -2.24. The lowest BCUT2D eigenvalue weighted by molar-refractivity contribution is -0.384. The largest absolute Gasteiger partial charge is 0.397 e. The summed E-state index contributed by atoms with van der Waals surface area (Å²) in [6.07, 6.45) is 0. The molecule has 11 aromatic rings. The van der Waals surface area contributed by atoms with Gasteiger partial charge in [0, 0.05) is 81.3 Å². The Hall–Kier alpha value is -12.9. The maximum Gasteiger partial charge on any atom is 0.293 e. The van der Waals surface area contributed by atoms with Gasteiger partial charge in [0.1, 0.15) is 75.4 Å². The van der Waals surface area contributed by atoms with Gasteiger partial charge in [0.25, 0.3) is 22.6 Å². The number of nitro benzene ring substituents is 3. The van der Waals surface area contributed by atoms with Crippen LogP contribution >= 0.6 is 81.2 Å². The van der Waals surface area contributed by atoms with Crippen molar-refractivity contribution in [2.24, 2.45) is 20.0 Å². The van der Waals surface area contributed by atoms with E-state index in [1.807, 2.05) is 83.5 Å². The molecule has 3 aromatic heterocycles. The maximum atomic E-state index is 12.6. The van der Waals surface area contributed by atoms with Crippen LogP contribution in [-0.2, 0) is 49.5 Å². The maximum absolute atomic E-state index is 12.6. The lowest BCUT2D eigenvalue weighted by atomic mass is 9.78. The number of hydrogen-bond acceptors (Lipinski definition) is 24. The first kappa shape index (κ1) is 102. The third-order valence-corrected chi connectivity index (χ3v) is 22.2. The Kier molecular flexibility index (Phi) is 36.2. The summed E-state index contributed by atoms with van der Waals surface area (Å²) in [5, 5.41) is 95.5. The molecule has 0 spiro atoms. The topological polar surface area (TPSA) is 471 Å².